The first-order valence-corrected chi connectivity index (χ1v) is 5.55. The van der Waals surface area contributed by atoms with Crippen molar-refractivity contribution >= 4 is 17.3 Å². The van der Waals surface area contributed by atoms with E-state index in [2.05, 4.69) is 16.2 Å². The van der Waals surface area contributed by atoms with Crippen LogP contribution >= 0.6 is 11.6 Å². The first-order valence-electron chi connectivity index (χ1n) is 5.17. The van der Waals surface area contributed by atoms with Gasteiger partial charge in [0.2, 0.25) is 0 Å². The lowest BCUT2D eigenvalue weighted by Gasteiger charge is -2.07. The van der Waals surface area contributed by atoms with Gasteiger partial charge in [0, 0.05) is 18.3 Å². The Bertz CT molecular complexity index is 566. The van der Waals surface area contributed by atoms with Gasteiger partial charge in [-0.15, -0.1) is 6.42 Å². The monoisotopic (exact) mass is 245 g/mol. The Balaban J connectivity index is 2.07. The zero-order chi connectivity index (χ0) is 12.3. The van der Waals surface area contributed by atoms with Crippen molar-refractivity contribution in [2.45, 2.75) is 6.54 Å². The number of hydrogen-bond donors (Lipinski definition) is 1. The Morgan fingerprint density at radius 3 is 3.00 bits per heavy atom. The van der Waals surface area contributed by atoms with Gasteiger partial charge in [-0.1, -0.05) is 23.6 Å². The van der Waals surface area contributed by atoms with E-state index in [0.29, 0.717) is 11.7 Å². The van der Waals surface area contributed by atoms with Crippen LogP contribution in [0, 0.1) is 12.3 Å². The summed E-state index contributed by atoms with van der Waals surface area (Å²) in [6, 6.07) is 7.70. The van der Waals surface area contributed by atoms with Crippen LogP contribution in [0.5, 0.6) is 0 Å². The summed E-state index contributed by atoms with van der Waals surface area (Å²) in [5.74, 6) is 3.48. The van der Waals surface area contributed by atoms with Gasteiger partial charge in [0.05, 0.1) is 12.7 Å². The minimum absolute atomic E-state index is 0.608. The molecule has 0 aliphatic heterocycles. The van der Waals surface area contributed by atoms with Crippen molar-refractivity contribution in [1.82, 2.24) is 9.55 Å². The van der Waals surface area contributed by atoms with Gasteiger partial charge < -0.3 is 9.88 Å². The van der Waals surface area contributed by atoms with Crippen LogP contribution in [0.4, 0.5) is 5.69 Å². The van der Waals surface area contributed by atoms with E-state index < -0.39 is 0 Å². The van der Waals surface area contributed by atoms with E-state index in [0.717, 1.165) is 17.1 Å². The third-order valence-corrected chi connectivity index (χ3v) is 2.86. The minimum Gasteiger partial charge on any atom is -0.378 e. The highest BCUT2D eigenvalue weighted by atomic mass is 35.5. The van der Waals surface area contributed by atoms with Crippen molar-refractivity contribution in [3.05, 3.63) is 47.0 Å². The van der Waals surface area contributed by atoms with Gasteiger partial charge in [0.25, 0.3) is 0 Å². The fourth-order valence-corrected chi connectivity index (χ4v) is 1.63. The smallest absolute Gasteiger partial charge is 0.128 e. The molecule has 1 aromatic carbocycles. The van der Waals surface area contributed by atoms with Gasteiger partial charge in [-0.3, -0.25) is 0 Å². The Kier molecular flexibility index (Phi) is 3.36. The molecule has 0 saturated heterocycles. The molecule has 1 heterocycles. The van der Waals surface area contributed by atoms with Gasteiger partial charge in [-0.25, -0.2) is 4.98 Å². The lowest BCUT2D eigenvalue weighted by molar-refractivity contribution is 0.813. The molecule has 3 nitrogen and oxygen atoms in total. The zero-order valence-corrected chi connectivity index (χ0v) is 10.2. The van der Waals surface area contributed by atoms with Crippen molar-refractivity contribution in [3.8, 4) is 12.3 Å². The highest BCUT2D eigenvalue weighted by Gasteiger charge is 2.03. The van der Waals surface area contributed by atoms with Gasteiger partial charge in [0.1, 0.15) is 11.0 Å². The maximum atomic E-state index is 5.90. The lowest BCUT2D eigenvalue weighted by Crippen LogP contribution is -2.06. The summed E-state index contributed by atoms with van der Waals surface area (Å²) in [7, 11) is 1.88. The van der Waals surface area contributed by atoms with E-state index in [9.17, 15) is 0 Å². The number of rotatable bonds is 3. The average molecular weight is 246 g/mol. The summed E-state index contributed by atoms with van der Waals surface area (Å²) in [6.07, 6.45) is 6.98. The molecule has 0 aliphatic rings. The predicted octanol–water partition coefficient (Wildman–Crippen LogP) is 2.67. The Labute approximate surface area is 105 Å². The summed E-state index contributed by atoms with van der Waals surface area (Å²) < 4.78 is 1.83. The molecular formula is C13H12ClN3. The van der Waals surface area contributed by atoms with E-state index in [1.165, 1.54) is 0 Å². The van der Waals surface area contributed by atoms with E-state index >= 15 is 0 Å². The van der Waals surface area contributed by atoms with Crippen LogP contribution < -0.4 is 5.32 Å². The highest BCUT2D eigenvalue weighted by molar-refractivity contribution is 6.29. The molecule has 0 radical (unpaired) electrons. The number of anilines is 1. The normalized spacial score (nSPS) is 9.94. The van der Waals surface area contributed by atoms with Gasteiger partial charge >= 0.3 is 0 Å². The molecule has 0 aliphatic carbocycles. The van der Waals surface area contributed by atoms with Crippen molar-refractivity contribution in [2.24, 2.45) is 7.05 Å². The van der Waals surface area contributed by atoms with E-state index in [1.54, 1.807) is 6.20 Å². The first-order chi connectivity index (χ1) is 8.20. The van der Waals surface area contributed by atoms with Gasteiger partial charge in [0.15, 0.2) is 0 Å². The van der Waals surface area contributed by atoms with Crippen molar-refractivity contribution in [2.75, 3.05) is 5.32 Å². The second-order valence-corrected chi connectivity index (χ2v) is 4.02. The third-order valence-electron chi connectivity index (χ3n) is 2.51. The molecule has 0 amide bonds. The van der Waals surface area contributed by atoms with Crippen molar-refractivity contribution in [3.63, 3.8) is 0 Å². The summed E-state index contributed by atoms with van der Waals surface area (Å²) in [5.41, 5.74) is 1.83. The van der Waals surface area contributed by atoms with Crippen molar-refractivity contribution in [1.29, 1.82) is 0 Å². The summed E-state index contributed by atoms with van der Waals surface area (Å²) >= 11 is 5.90. The zero-order valence-electron chi connectivity index (χ0n) is 9.44. The molecule has 1 N–H and O–H groups in total. The van der Waals surface area contributed by atoms with Crippen LogP contribution in [0.25, 0.3) is 0 Å². The van der Waals surface area contributed by atoms with Crippen LogP contribution in [0.1, 0.15) is 11.4 Å². The molecule has 2 aromatic rings. The number of benzene rings is 1. The Morgan fingerprint density at radius 1 is 1.53 bits per heavy atom. The van der Waals surface area contributed by atoms with Crippen LogP contribution in [0.15, 0.2) is 30.5 Å². The SMILES string of the molecule is C#Cc1cccc(NCc2ncc(Cl)n2C)c1. The number of nitrogens with zero attached hydrogens (tertiary/aromatic N) is 2. The molecule has 4 heteroatoms. The molecule has 0 bridgehead atoms. The Hall–Kier alpha value is -1.92. The standard InChI is InChI=1S/C13H12ClN3/c1-3-10-5-4-6-11(7-10)15-9-13-16-8-12(14)17(13)2/h1,4-8,15H,9H2,2H3. The second kappa shape index (κ2) is 4.94. The molecule has 0 fully saturated rings. The molecule has 17 heavy (non-hydrogen) atoms. The lowest BCUT2D eigenvalue weighted by atomic mass is 10.2. The number of aromatic nitrogens is 2. The molecule has 0 saturated carbocycles. The van der Waals surface area contributed by atoms with Crippen LogP contribution in [-0.4, -0.2) is 9.55 Å². The maximum Gasteiger partial charge on any atom is 0.128 e. The molecule has 0 spiro atoms. The van der Waals surface area contributed by atoms with Gasteiger partial charge in [-0.2, -0.15) is 0 Å². The number of imidazole rings is 1. The largest absolute Gasteiger partial charge is 0.378 e. The molecule has 0 atom stereocenters. The topological polar surface area (TPSA) is 29.9 Å². The number of halogens is 1. The fourth-order valence-electron chi connectivity index (χ4n) is 1.49. The highest BCUT2D eigenvalue weighted by Crippen LogP contribution is 2.13. The third kappa shape index (κ3) is 2.61. The van der Waals surface area contributed by atoms with Crippen LogP contribution in [0.2, 0.25) is 5.15 Å². The molecule has 0 unspecified atom stereocenters. The van der Waals surface area contributed by atoms with Crippen LogP contribution in [-0.2, 0) is 13.6 Å². The minimum atomic E-state index is 0.608. The maximum absolute atomic E-state index is 5.90. The van der Waals surface area contributed by atoms with E-state index in [-0.39, 0.29) is 0 Å². The quantitative estimate of drug-likeness (QED) is 0.843. The number of nitrogens with one attached hydrogen (secondary N) is 1. The first kappa shape index (κ1) is 11.6. The van der Waals surface area contributed by atoms with Gasteiger partial charge in [-0.05, 0) is 18.2 Å². The van der Waals surface area contributed by atoms with Crippen molar-refractivity contribution < 1.29 is 0 Å². The fraction of sp³-hybridized carbons (Fsp3) is 0.154. The molecule has 1 aromatic heterocycles. The summed E-state index contributed by atoms with van der Waals surface area (Å²) in [5, 5.41) is 3.88. The molecule has 86 valence electrons. The van der Waals surface area contributed by atoms with E-state index in [1.807, 2.05) is 35.9 Å². The molecule has 2 rings (SSSR count). The summed E-state index contributed by atoms with van der Waals surface area (Å²) in [4.78, 5) is 4.20. The van der Waals surface area contributed by atoms with E-state index in [4.69, 9.17) is 18.0 Å². The second-order valence-electron chi connectivity index (χ2n) is 3.63. The number of hydrogen-bond acceptors (Lipinski definition) is 2. The summed E-state index contributed by atoms with van der Waals surface area (Å²) in [6.45, 7) is 0.608. The average Bonchev–Trinajstić information content (AvgIpc) is 2.68. The van der Waals surface area contributed by atoms with Crippen LogP contribution in [0.3, 0.4) is 0 Å². The number of terminal acetylenes is 1. The molecular weight excluding hydrogens is 234 g/mol. The Morgan fingerprint density at radius 2 is 2.35 bits per heavy atom. The predicted molar refractivity (Wildman–Crippen MR) is 69.9 cm³/mol.